The number of hydrogen-bond acceptors (Lipinski definition) is 4. The lowest BCUT2D eigenvalue weighted by Gasteiger charge is -2.09. The highest BCUT2D eigenvalue weighted by atomic mass is 16.5. The molecular formula is C16H14N2O3. The monoisotopic (exact) mass is 282 g/mol. The summed E-state index contributed by atoms with van der Waals surface area (Å²) < 4.78 is 5.37. The van der Waals surface area contributed by atoms with Crippen molar-refractivity contribution in [1.82, 2.24) is 10.2 Å². The fourth-order valence-corrected chi connectivity index (χ4v) is 2.29. The lowest BCUT2D eigenvalue weighted by molar-refractivity contribution is 0.416. The number of H-pyrrole nitrogens is 1. The molecule has 21 heavy (non-hydrogen) atoms. The number of phenols is 2. The molecule has 0 aliphatic carbocycles. The third-order valence-corrected chi connectivity index (χ3v) is 3.29. The molecule has 3 rings (SSSR count). The zero-order chi connectivity index (χ0) is 14.8. The zero-order valence-corrected chi connectivity index (χ0v) is 11.4. The Labute approximate surface area is 121 Å². The molecule has 0 aliphatic heterocycles. The van der Waals surface area contributed by atoms with Gasteiger partial charge in [0.1, 0.15) is 17.2 Å². The molecule has 0 saturated carbocycles. The Balaban J connectivity index is 2.17. The van der Waals surface area contributed by atoms with Crippen molar-refractivity contribution in [3.05, 3.63) is 48.7 Å². The van der Waals surface area contributed by atoms with Gasteiger partial charge < -0.3 is 14.9 Å². The van der Waals surface area contributed by atoms with Gasteiger partial charge in [0.2, 0.25) is 0 Å². The molecule has 3 aromatic rings. The van der Waals surface area contributed by atoms with Crippen LogP contribution in [-0.4, -0.2) is 27.5 Å². The fraction of sp³-hybridized carbons (Fsp3) is 0.0625. The number of rotatable bonds is 3. The van der Waals surface area contributed by atoms with Crippen LogP contribution >= 0.6 is 0 Å². The predicted octanol–water partition coefficient (Wildman–Crippen LogP) is 3.16. The second kappa shape index (κ2) is 5.20. The van der Waals surface area contributed by atoms with Crippen molar-refractivity contribution in [2.24, 2.45) is 0 Å². The number of nitrogens with zero attached hydrogens (tertiary/aromatic N) is 1. The second-order valence-corrected chi connectivity index (χ2v) is 4.56. The number of hydrogen-bond donors (Lipinski definition) is 3. The molecule has 1 heterocycles. The van der Waals surface area contributed by atoms with Gasteiger partial charge in [0.05, 0.1) is 19.0 Å². The summed E-state index contributed by atoms with van der Waals surface area (Å²) in [4.78, 5) is 0. The molecule has 3 N–H and O–H groups in total. The topological polar surface area (TPSA) is 78.4 Å². The Morgan fingerprint density at radius 1 is 1.00 bits per heavy atom. The number of aromatic hydroxyl groups is 2. The number of phenolic OH excluding ortho intramolecular Hbond substituents is 2. The van der Waals surface area contributed by atoms with E-state index in [9.17, 15) is 10.2 Å². The van der Waals surface area contributed by atoms with Crippen LogP contribution in [0.4, 0.5) is 0 Å². The van der Waals surface area contributed by atoms with Gasteiger partial charge in [-0.3, -0.25) is 5.10 Å². The van der Waals surface area contributed by atoms with E-state index in [0.717, 1.165) is 16.9 Å². The number of ether oxygens (including phenoxy) is 1. The molecule has 0 unspecified atom stereocenters. The maximum absolute atomic E-state index is 10.0. The average molecular weight is 282 g/mol. The molecule has 0 amide bonds. The Bertz CT molecular complexity index is 781. The van der Waals surface area contributed by atoms with E-state index >= 15 is 0 Å². The Hall–Kier alpha value is -2.95. The minimum atomic E-state index is -0.0182. The zero-order valence-electron chi connectivity index (χ0n) is 11.4. The highest BCUT2D eigenvalue weighted by Gasteiger charge is 2.16. The van der Waals surface area contributed by atoms with Gasteiger partial charge in [-0.15, -0.1) is 0 Å². The van der Waals surface area contributed by atoms with Crippen LogP contribution in [0.3, 0.4) is 0 Å². The van der Waals surface area contributed by atoms with Crippen LogP contribution in [0.1, 0.15) is 0 Å². The summed E-state index contributed by atoms with van der Waals surface area (Å²) in [6.07, 6.45) is 1.68. The Morgan fingerprint density at radius 2 is 1.81 bits per heavy atom. The summed E-state index contributed by atoms with van der Waals surface area (Å²) >= 11 is 0. The maximum Gasteiger partial charge on any atom is 0.128 e. The summed E-state index contributed by atoms with van der Waals surface area (Å²) in [5.41, 5.74) is 2.91. The number of aromatic amines is 1. The van der Waals surface area contributed by atoms with Gasteiger partial charge in [0, 0.05) is 22.8 Å². The van der Waals surface area contributed by atoms with E-state index in [-0.39, 0.29) is 11.5 Å². The summed E-state index contributed by atoms with van der Waals surface area (Å²) in [5.74, 6) is 0.712. The minimum absolute atomic E-state index is 0.00890. The molecule has 0 spiro atoms. The van der Waals surface area contributed by atoms with E-state index in [1.807, 2.05) is 24.3 Å². The lowest BCUT2D eigenvalue weighted by Crippen LogP contribution is -1.88. The fourth-order valence-electron chi connectivity index (χ4n) is 2.29. The molecule has 0 fully saturated rings. The van der Waals surface area contributed by atoms with E-state index in [0.29, 0.717) is 11.3 Å². The van der Waals surface area contributed by atoms with Crippen LogP contribution < -0.4 is 4.74 Å². The van der Waals surface area contributed by atoms with Crippen molar-refractivity contribution in [1.29, 1.82) is 0 Å². The Kier molecular flexibility index (Phi) is 3.23. The number of para-hydroxylation sites is 1. The summed E-state index contributed by atoms with van der Waals surface area (Å²) in [6.45, 7) is 0. The van der Waals surface area contributed by atoms with Crippen LogP contribution in [-0.2, 0) is 0 Å². The predicted molar refractivity (Wildman–Crippen MR) is 79.3 cm³/mol. The van der Waals surface area contributed by atoms with Crippen LogP contribution in [0.25, 0.3) is 22.4 Å². The smallest absolute Gasteiger partial charge is 0.128 e. The number of aromatic nitrogens is 2. The molecular weight excluding hydrogens is 268 g/mol. The number of nitrogens with one attached hydrogen (secondary N) is 1. The van der Waals surface area contributed by atoms with Gasteiger partial charge in [0.25, 0.3) is 0 Å². The standard InChI is InChI=1S/C16H14N2O3/c1-21-15-5-3-2-4-11(15)13-9-17-18-16(13)12-7-6-10(19)8-14(12)20/h2-9,19-20H,1H3,(H,17,18). The first-order valence-electron chi connectivity index (χ1n) is 6.40. The van der Waals surface area contributed by atoms with Crippen molar-refractivity contribution < 1.29 is 14.9 Å². The molecule has 106 valence electrons. The van der Waals surface area contributed by atoms with Gasteiger partial charge in [-0.05, 0) is 18.2 Å². The van der Waals surface area contributed by atoms with Crippen LogP contribution in [0.15, 0.2) is 48.7 Å². The molecule has 0 saturated heterocycles. The van der Waals surface area contributed by atoms with E-state index in [1.54, 1.807) is 19.4 Å². The van der Waals surface area contributed by atoms with Crippen molar-refractivity contribution >= 4 is 0 Å². The third kappa shape index (κ3) is 2.29. The third-order valence-electron chi connectivity index (χ3n) is 3.29. The molecule has 0 radical (unpaired) electrons. The molecule has 1 aromatic heterocycles. The van der Waals surface area contributed by atoms with Gasteiger partial charge in [-0.25, -0.2) is 0 Å². The van der Waals surface area contributed by atoms with Crippen LogP contribution in [0.2, 0.25) is 0 Å². The van der Waals surface area contributed by atoms with Crippen LogP contribution in [0, 0.1) is 0 Å². The molecule has 2 aromatic carbocycles. The normalized spacial score (nSPS) is 10.5. The minimum Gasteiger partial charge on any atom is -0.508 e. The van der Waals surface area contributed by atoms with Crippen molar-refractivity contribution in [2.75, 3.05) is 7.11 Å². The molecule has 5 nitrogen and oxygen atoms in total. The maximum atomic E-state index is 10.0. The summed E-state index contributed by atoms with van der Waals surface area (Å²) in [6, 6.07) is 12.0. The quantitative estimate of drug-likeness (QED) is 0.689. The van der Waals surface area contributed by atoms with E-state index in [4.69, 9.17) is 4.74 Å². The molecule has 0 bridgehead atoms. The van der Waals surface area contributed by atoms with Crippen molar-refractivity contribution in [3.8, 4) is 39.6 Å². The Morgan fingerprint density at radius 3 is 2.57 bits per heavy atom. The summed E-state index contributed by atoms with van der Waals surface area (Å²) in [5, 5.41) is 26.4. The second-order valence-electron chi connectivity index (χ2n) is 4.56. The molecule has 0 atom stereocenters. The SMILES string of the molecule is COc1ccccc1-c1cn[nH]c1-c1ccc(O)cc1O. The first-order chi connectivity index (χ1) is 10.2. The first kappa shape index (κ1) is 13.1. The molecule has 5 heteroatoms. The summed E-state index contributed by atoms with van der Waals surface area (Å²) in [7, 11) is 1.61. The number of methoxy groups -OCH3 is 1. The highest BCUT2D eigenvalue weighted by Crippen LogP contribution is 2.39. The average Bonchev–Trinajstić information content (AvgIpc) is 2.96. The largest absolute Gasteiger partial charge is 0.508 e. The van der Waals surface area contributed by atoms with E-state index in [2.05, 4.69) is 10.2 Å². The van der Waals surface area contributed by atoms with Crippen molar-refractivity contribution in [2.45, 2.75) is 0 Å². The van der Waals surface area contributed by atoms with E-state index < -0.39 is 0 Å². The van der Waals surface area contributed by atoms with Crippen molar-refractivity contribution in [3.63, 3.8) is 0 Å². The van der Waals surface area contributed by atoms with Gasteiger partial charge >= 0.3 is 0 Å². The number of benzene rings is 2. The van der Waals surface area contributed by atoms with E-state index in [1.165, 1.54) is 12.1 Å². The van der Waals surface area contributed by atoms with Gasteiger partial charge in [0.15, 0.2) is 0 Å². The first-order valence-corrected chi connectivity index (χ1v) is 6.40. The van der Waals surface area contributed by atoms with Crippen LogP contribution in [0.5, 0.6) is 17.2 Å². The van der Waals surface area contributed by atoms with Gasteiger partial charge in [-0.2, -0.15) is 5.10 Å². The lowest BCUT2D eigenvalue weighted by atomic mass is 10.0. The molecule has 0 aliphatic rings. The highest BCUT2D eigenvalue weighted by molar-refractivity contribution is 5.85. The van der Waals surface area contributed by atoms with Gasteiger partial charge in [-0.1, -0.05) is 18.2 Å².